The van der Waals surface area contributed by atoms with E-state index in [1.54, 1.807) is 24.3 Å². The van der Waals surface area contributed by atoms with Gasteiger partial charge in [-0.3, -0.25) is 4.79 Å². The Kier molecular flexibility index (Phi) is 4.46. The summed E-state index contributed by atoms with van der Waals surface area (Å²) in [7, 11) is 0. The summed E-state index contributed by atoms with van der Waals surface area (Å²) in [4.78, 5) is 11.8. The van der Waals surface area contributed by atoms with Crippen molar-refractivity contribution in [3.05, 3.63) is 29.8 Å². The summed E-state index contributed by atoms with van der Waals surface area (Å²) in [6.07, 6.45) is 0.264. The van der Waals surface area contributed by atoms with Crippen LogP contribution in [-0.4, -0.2) is 11.9 Å². The van der Waals surface area contributed by atoms with E-state index in [9.17, 15) is 4.79 Å². The predicted octanol–water partition coefficient (Wildman–Crippen LogP) is 2.26. The van der Waals surface area contributed by atoms with Crippen LogP contribution < -0.4 is 11.1 Å². The summed E-state index contributed by atoms with van der Waals surface area (Å²) in [5.74, 6) is -0.132. The van der Waals surface area contributed by atoms with E-state index in [2.05, 4.69) is 5.32 Å². The van der Waals surface area contributed by atoms with Gasteiger partial charge < -0.3 is 11.1 Å². The van der Waals surface area contributed by atoms with Crippen molar-refractivity contribution >= 4 is 11.6 Å². The van der Waals surface area contributed by atoms with Crippen LogP contribution in [0, 0.1) is 16.7 Å². The number of nitrogens with zero attached hydrogens (tertiary/aromatic N) is 1. The molecule has 4 nitrogen and oxygen atoms in total. The molecule has 0 spiro atoms. The number of hydrogen-bond acceptors (Lipinski definition) is 3. The van der Waals surface area contributed by atoms with Crippen LogP contribution in [-0.2, 0) is 4.79 Å². The van der Waals surface area contributed by atoms with Crippen molar-refractivity contribution in [1.29, 1.82) is 5.26 Å². The minimum absolute atomic E-state index is 0.105. The van der Waals surface area contributed by atoms with Gasteiger partial charge in [0, 0.05) is 18.2 Å². The van der Waals surface area contributed by atoms with E-state index in [0.29, 0.717) is 11.3 Å². The first-order chi connectivity index (χ1) is 8.32. The second kappa shape index (κ2) is 5.65. The Bertz CT molecular complexity index is 469. The van der Waals surface area contributed by atoms with E-state index in [1.807, 2.05) is 26.8 Å². The molecule has 18 heavy (non-hydrogen) atoms. The number of benzene rings is 1. The highest BCUT2D eigenvalue weighted by atomic mass is 16.1. The Morgan fingerprint density at radius 3 is 2.72 bits per heavy atom. The van der Waals surface area contributed by atoms with Crippen molar-refractivity contribution < 1.29 is 4.79 Å². The molecule has 0 aliphatic rings. The molecule has 1 atom stereocenters. The number of hydrogen-bond donors (Lipinski definition) is 2. The predicted molar refractivity (Wildman–Crippen MR) is 71.8 cm³/mol. The Morgan fingerprint density at radius 2 is 2.17 bits per heavy atom. The van der Waals surface area contributed by atoms with Crippen LogP contribution >= 0.6 is 0 Å². The van der Waals surface area contributed by atoms with Gasteiger partial charge in [0.1, 0.15) is 0 Å². The fourth-order valence-electron chi connectivity index (χ4n) is 1.38. The zero-order chi connectivity index (χ0) is 13.8. The summed E-state index contributed by atoms with van der Waals surface area (Å²) >= 11 is 0. The molecule has 0 aliphatic heterocycles. The summed E-state index contributed by atoms with van der Waals surface area (Å²) in [6, 6.07) is 8.65. The van der Waals surface area contributed by atoms with E-state index in [1.165, 1.54) is 0 Å². The lowest BCUT2D eigenvalue weighted by atomic mass is 9.85. The fraction of sp³-hybridized carbons (Fsp3) is 0.429. The normalized spacial score (nSPS) is 12.6. The Labute approximate surface area is 108 Å². The molecule has 1 aromatic carbocycles. The summed E-state index contributed by atoms with van der Waals surface area (Å²) in [5, 5.41) is 11.5. The van der Waals surface area contributed by atoms with Crippen molar-refractivity contribution in [1.82, 2.24) is 0 Å². The summed E-state index contributed by atoms with van der Waals surface area (Å²) in [6.45, 7) is 6.00. The lowest BCUT2D eigenvalue weighted by molar-refractivity contribution is -0.117. The number of rotatable bonds is 3. The maximum absolute atomic E-state index is 11.8. The van der Waals surface area contributed by atoms with Gasteiger partial charge >= 0.3 is 0 Å². The summed E-state index contributed by atoms with van der Waals surface area (Å²) < 4.78 is 0. The van der Waals surface area contributed by atoms with E-state index in [4.69, 9.17) is 11.0 Å². The molecule has 0 aliphatic carbocycles. The lowest BCUT2D eigenvalue weighted by Gasteiger charge is -2.26. The molecule has 0 fully saturated rings. The molecule has 3 N–H and O–H groups in total. The molecular formula is C14H19N3O. The minimum Gasteiger partial charge on any atom is -0.327 e. The Morgan fingerprint density at radius 1 is 1.50 bits per heavy atom. The maximum atomic E-state index is 11.8. The monoisotopic (exact) mass is 245 g/mol. The van der Waals surface area contributed by atoms with Gasteiger partial charge in [-0.1, -0.05) is 26.8 Å². The molecule has 4 heteroatoms. The number of nitriles is 1. The van der Waals surface area contributed by atoms with Crippen LogP contribution in [0.3, 0.4) is 0 Å². The Balaban J connectivity index is 2.63. The quantitative estimate of drug-likeness (QED) is 0.857. The Hall–Kier alpha value is -1.86. The third-order valence-electron chi connectivity index (χ3n) is 2.79. The molecule has 0 radical (unpaired) electrons. The minimum atomic E-state index is -0.198. The van der Waals surface area contributed by atoms with Crippen LogP contribution in [0.2, 0.25) is 0 Å². The molecule has 0 bridgehead atoms. The largest absolute Gasteiger partial charge is 0.327 e. The molecule has 0 saturated carbocycles. The number of nitrogens with two attached hydrogens (primary N) is 1. The van der Waals surface area contributed by atoms with Gasteiger partial charge in [-0.2, -0.15) is 5.26 Å². The van der Waals surface area contributed by atoms with Gasteiger partial charge in [0.15, 0.2) is 0 Å². The van der Waals surface area contributed by atoms with E-state index < -0.39 is 0 Å². The third-order valence-corrected chi connectivity index (χ3v) is 2.79. The number of anilines is 1. The molecule has 0 saturated heterocycles. The lowest BCUT2D eigenvalue weighted by Crippen LogP contribution is -2.38. The van der Waals surface area contributed by atoms with Gasteiger partial charge in [-0.15, -0.1) is 0 Å². The van der Waals surface area contributed by atoms with E-state index in [0.717, 1.165) is 0 Å². The van der Waals surface area contributed by atoms with Crippen molar-refractivity contribution in [2.75, 3.05) is 5.32 Å². The van der Waals surface area contributed by atoms with Crippen molar-refractivity contribution in [2.45, 2.75) is 33.2 Å². The summed E-state index contributed by atoms with van der Waals surface area (Å²) in [5.41, 5.74) is 6.99. The van der Waals surface area contributed by atoms with Crippen LogP contribution in [0.5, 0.6) is 0 Å². The third kappa shape index (κ3) is 4.19. The van der Waals surface area contributed by atoms with Crippen LogP contribution in [0.25, 0.3) is 0 Å². The highest BCUT2D eigenvalue weighted by Crippen LogP contribution is 2.20. The first-order valence-corrected chi connectivity index (χ1v) is 5.88. The van der Waals surface area contributed by atoms with Gasteiger partial charge in [0.05, 0.1) is 11.6 Å². The van der Waals surface area contributed by atoms with Crippen LogP contribution in [0.15, 0.2) is 24.3 Å². The van der Waals surface area contributed by atoms with Gasteiger partial charge in [0.2, 0.25) is 5.91 Å². The number of nitrogens with one attached hydrogen (secondary N) is 1. The van der Waals surface area contributed by atoms with Crippen molar-refractivity contribution in [3.63, 3.8) is 0 Å². The number of carbonyl (C=O) groups is 1. The SMILES string of the molecule is CC(C)(C)C(N)CC(=O)Nc1cccc(C#N)c1. The highest BCUT2D eigenvalue weighted by molar-refractivity contribution is 5.91. The van der Waals surface area contributed by atoms with Crippen molar-refractivity contribution in [3.8, 4) is 6.07 Å². The maximum Gasteiger partial charge on any atom is 0.225 e. The van der Waals surface area contributed by atoms with Gasteiger partial charge in [0.25, 0.3) is 0 Å². The van der Waals surface area contributed by atoms with Gasteiger partial charge in [-0.25, -0.2) is 0 Å². The molecule has 96 valence electrons. The molecular weight excluding hydrogens is 226 g/mol. The second-order valence-electron chi connectivity index (χ2n) is 5.42. The van der Waals surface area contributed by atoms with E-state index >= 15 is 0 Å². The fourth-order valence-corrected chi connectivity index (χ4v) is 1.38. The second-order valence-corrected chi connectivity index (χ2v) is 5.42. The zero-order valence-electron chi connectivity index (χ0n) is 11.0. The smallest absolute Gasteiger partial charge is 0.225 e. The number of amides is 1. The molecule has 1 aromatic rings. The zero-order valence-corrected chi connectivity index (χ0v) is 11.0. The molecule has 1 amide bonds. The van der Waals surface area contributed by atoms with Crippen LogP contribution in [0.4, 0.5) is 5.69 Å². The molecule has 0 heterocycles. The molecule has 0 aromatic heterocycles. The first kappa shape index (κ1) is 14.2. The first-order valence-electron chi connectivity index (χ1n) is 5.88. The average Bonchev–Trinajstić information content (AvgIpc) is 2.27. The molecule has 1 rings (SSSR count). The topological polar surface area (TPSA) is 78.9 Å². The van der Waals surface area contributed by atoms with Crippen LogP contribution in [0.1, 0.15) is 32.8 Å². The van der Waals surface area contributed by atoms with E-state index in [-0.39, 0.29) is 23.8 Å². The average molecular weight is 245 g/mol. The van der Waals surface area contributed by atoms with Crippen molar-refractivity contribution in [2.24, 2.45) is 11.1 Å². The molecule has 1 unspecified atom stereocenters. The van der Waals surface area contributed by atoms with Gasteiger partial charge in [-0.05, 0) is 23.6 Å². The highest BCUT2D eigenvalue weighted by Gasteiger charge is 2.23. The standard InChI is InChI=1S/C14H19N3O/c1-14(2,3)12(16)8-13(18)17-11-6-4-5-10(7-11)9-15/h4-7,12H,8,16H2,1-3H3,(H,17,18). The number of carbonyl (C=O) groups excluding carboxylic acids is 1.